The second-order valence-corrected chi connectivity index (χ2v) is 7.33. The van der Waals surface area contributed by atoms with Gasteiger partial charge in [-0.15, -0.1) is 0 Å². The number of aromatic amines is 1. The quantitative estimate of drug-likeness (QED) is 0.468. The molecule has 1 N–H and O–H groups in total. The average Bonchev–Trinajstić information content (AvgIpc) is 3.25. The Labute approximate surface area is 174 Å². The maximum absolute atomic E-state index is 12.7. The standard InChI is InChI=1S/C24H20ClN3O/c1-28(16-17-5-3-2-4-6-17)24(29)20-9-7-18(8-10-20)22-15-23(27-26-22)19-11-13-21(25)14-12-19/h2-15H,16H2,1H3,(H,26,27). The third-order valence-electron chi connectivity index (χ3n) is 4.77. The first-order chi connectivity index (χ1) is 14.1. The fourth-order valence-electron chi connectivity index (χ4n) is 3.18. The van der Waals surface area contributed by atoms with E-state index in [1.54, 1.807) is 4.90 Å². The third kappa shape index (κ3) is 4.39. The number of benzene rings is 3. The number of hydrogen-bond acceptors (Lipinski definition) is 2. The number of nitrogens with zero attached hydrogens (tertiary/aromatic N) is 2. The van der Waals surface area contributed by atoms with Crippen molar-refractivity contribution in [2.45, 2.75) is 6.54 Å². The number of H-pyrrole nitrogens is 1. The zero-order chi connectivity index (χ0) is 20.2. The van der Waals surface area contributed by atoms with Crippen LogP contribution < -0.4 is 0 Å². The van der Waals surface area contributed by atoms with Crippen molar-refractivity contribution < 1.29 is 4.79 Å². The summed E-state index contributed by atoms with van der Waals surface area (Å²) in [6.45, 7) is 0.575. The molecule has 29 heavy (non-hydrogen) atoms. The molecule has 1 heterocycles. The number of aromatic nitrogens is 2. The van der Waals surface area contributed by atoms with Crippen LogP contribution in [0.15, 0.2) is 84.9 Å². The Bertz CT molecular complexity index is 1100. The monoisotopic (exact) mass is 401 g/mol. The van der Waals surface area contributed by atoms with E-state index in [1.165, 1.54) is 0 Å². The Morgan fingerprint density at radius 1 is 0.931 bits per heavy atom. The molecule has 0 saturated carbocycles. The van der Waals surface area contributed by atoms with Gasteiger partial charge < -0.3 is 4.90 Å². The molecular formula is C24H20ClN3O. The van der Waals surface area contributed by atoms with Crippen molar-refractivity contribution in [1.82, 2.24) is 15.1 Å². The van der Waals surface area contributed by atoms with Crippen molar-refractivity contribution in [3.8, 4) is 22.5 Å². The summed E-state index contributed by atoms with van der Waals surface area (Å²) >= 11 is 5.95. The van der Waals surface area contributed by atoms with Crippen molar-refractivity contribution in [2.24, 2.45) is 0 Å². The molecule has 1 aromatic heterocycles. The van der Waals surface area contributed by atoms with Gasteiger partial charge in [0.15, 0.2) is 0 Å². The van der Waals surface area contributed by atoms with Crippen LogP contribution in [0.1, 0.15) is 15.9 Å². The zero-order valence-electron chi connectivity index (χ0n) is 16.0. The SMILES string of the molecule is CN(Cc1ccccc1)C(=O)c1ccc(-c2cc(-c3ccc(Cl)cc3)[nH]n2)cc1. The van der Waals surface area contributed by atoms with Gasteiger partial charge in [0.2, 0.25) is 0 Å². The van der Waals surface area contributed by atoms with E-state index in [0.29, 0.717) is 17.1 Å². The smallest absolute Gasteiger partial charge is 0.253 e. The van der Waals surface area contributed by atoms with Crippen LogP contribution in [0.2, 0.25) is 5.02 Å². The van der Waals surface area contributed by atoms with Crippen LogP contribution in [-0.2, 0) is 6.54 Å². The molecule has 1 amide bonds. The fourth-order valence-corrected chi connectivity index (χ4v) is 3.31. The van der Waals surface area contributed by atoms with Crippen LogP contribution in [0.25, 0.3) is 22.5 Å². The molecule has 0 fully saturated rings. The summed E-state index contributed by atoms with van der Waals surface area (Å²) in [5, 5.41) is 8.15. The molecule has 4 aromatic rings. The van der Waals surface area contributed by atoms with Crippen molar-refractivity contribution >= 4 is 17.5 Å². The van der Waals surface area contributed by atoms with Gasteiger partial charge in [-0.05, 0) is 41.5 Å². The van der Waals surface area contributed by atoms with Crippen molar-refractivity contribution in [1.29, 1.82) is 0 Å². The summed E-state index contributed by atoms with van der Waals surface area (Å²) in [6, 6.07) is 27.1. The molecule has 0 aliphatic carbocycles. The lowest BCUT2D eigenvalue weighted by molar-refractivity contribution is 0.0785. The number of amides is 1. The summed E-state index contributed by atoms with van der Waals surface area (Å²) < 4.78 is 0. The minimum absolute atomic E-state index is 0.00992. The van der Waals surface area contributed by atoms with E-state index in [9.17, 15) is 4.79 Å². The van der Waals surface area contributed by atoms with Crippen LogP contribution >= 0.6 is 11.6 Å². The molecule has 4 rings (SSSR count). The summed E-state index contributed by atoms with van der Waals surface area (Å²) in [5.74, 6) is -0.00992. The van der Waals surface area contributed by atoms with E-state index in [2.05, 4.69) is 10.2 Å². The fraction of sp³-hybridized carbons (Fsp3) is 0.0833. The summed E-state index contributed by atoms with van der Waals surface area (Å²) in [6.07, 6.45) is 0. The highest BCUT2D eigenvalue weighted by atomic mass is 35.5. The number of halogens is 1. The molecule has 0 atom stereocenters. The predicted molar refractivity (Wildman–Crippen MR) is 117 cm³/mol. The first kappa shape index (κ1) is 19.0. The van der Waals surface area contributed by atoms with E-state index >= 15 is 0 Å². The van der Waals surface area contributed by atoms with E-state index in [0.717, 1.165) is 28.1 Å². The van der Waals surface area contributed by atoms with Crippen molar-refractivity contribution in [2.75, 3.05) is 7.05 Å². The van der Waals surface area contributed by atoms with Crippen LogP contribution in [0, 0.1) is 0 Å². The first-order valence-corrected chi connectivity index (χ1v) is 9.69. The molecule has 0 spiro atoms. The molecule has 0 saturated heterocycles. The lowest BCUT2D eigenvalue weighted by Gasteiger charge is -2.17. The summed E-state index contributed by atoms with van der Waals surface area (Å²) in [7, 11) is 1.81. The van der Waals surface area contributed by atoms with E-state index in [1.807, 2.05) is 92.0 Å². The molecule has 0 aliphatic heterocycles. The normalized spacial score (nSPS) is 10.7. The van der Waals surface area contributed by atoms with Gasteiger partial charge >= 0.3 is 0 Å². The highest BCUT2D eigenvalue weighted by Crippen LogP contribution is 2.25. The Morgan fingerprint density at radius 2 is 1.59 bits per heavy atom. The Morgan fingerprint density at radius 3 is 2.28 bits per heavy atom. The van der Waals surface area contributed by atoms with E-state index in [-0.39, 0.29) is 5.91 Å². The summed E-state index contributed by atoms with van der Waals surface area (Å²) in [5.41, 5.74) is 5.46. The van der Waals surface area contributed by atoms with Crippen molar-refractivity contribution in [3.63, 3.8) is 0 Å². The van der Waals surface area contributed by atoms with Gasteiger partial charge in [0, 0.05) is 29.7 Å². The maximum atomic E-state index is 12.7. The highest BCUT2D eigenvalue weighted by Gasteiger charge is 2.13. The molecule has 5 heteroatoms. The van der Waals surface area contributed by atoms with E-state index in [4.69, 9.17) is 11.6 Å². The number of nitrogens with one attached hydrogen (secondary N) is 1. The molecule has 0 bridgehead atoms. The second-order valence-electron chi connectivity index (χ2n) is 6.90. The van der Waals surface area contributed by atoms with Crippen LogP contribution in [0.3, 0.4) is 0 Å². The third-order valence-corrected chi connectivity index (χ3v) is 5.02. The molecule has 0 unspecified atom stereocenters. The number of carbonyl (C=O) groups is 1. The Balaban J connectivity index is 1.48. The Hall–Kier alpha value is -3.37. The molecule has 3 aromatic carbocycles. The molecule has 0 aliphatic rings. The molecule has 4 nitrogen and oxygen atoms in total. The topological polar surface area (TPSA) is 49.0 Å². The first-order valence-electron chi connectivity index (χ1n) is 9.31. The van der Waals surface area contributed by atoms with Gasteiger partial charge in [0.1, 0.15) is 0 Å². The van der Waals surface area contributed by atoms with Crippen LogP contribution in [-0.4, -0.2) is 28.1 Å². The highest BCUT2D eigenvalue weighted by molar-refractivity contribution is 6.30. The van der Waals surface area contributed by atoms with E-state index < -0.39 is 0 Å². The summed E-state index contributed by atoms with van der Waals surface area (Å²) in [4.78, 5) is 14.4. The van der Waals surface area contributed by atoms with Crippen LogP contribution in [0.5, 0.6) is 0 Å². The minimum Gasteiger partial charge on any atom is -0.337 e. The largest absolute Gasteiger partial charge is 0.337 e. The minimum atomic E-state index is -0.00992. The Kier molecular flexibility index (Phi) is 5.45. The van der Waals surface area contributed by atoms with Gasteiger partial charge in [0.25, 0.3) is 5.91 Å². The lowest BCUT2D eigenvalue weighted by atomic mass is 10.1. The zero-order valence-corrected chi connectivity index (χ0v) is 16.7. The van der Waals surface area contributed by atoms with Gasteiger partial charge in [-0.25, -0.2) is 0 Å². The second kappa shape index (κ2) is 8.33. The maximum Gasteiger partial charge on any atom is 0.253 e. The molecule has 0 radical (unpaired) electrons. The predicted octanol–water partition coefficient (Wildman–Crippen LogP) is 5.67. The van der Waals surface area contributed by atoms with Crippen LogP contribution in [0.4, 0.5) is 0 Å². The molecule has 144 valence electrons. The lowest BCUT2D eigenvalue weighted by Crippen LogP contribution is -2.26. The van der Waals surface area contributed by atoms with Gasteiger partial charge in [0.05, 0.1) is 11.4 Å². The van der Waals surface area contributed by atoms with Crippen molar-refractivity contribution in [3.05, 3.63) is 101 Å². The number of rotatable bonds is 5. The number of hydrogen-bond donors (Lipinski definition) is 1. The molecular weight excluding hydrogens is 382 g/mol. The van der Waals surface area contributed by atoms with Gasteiger partial charge in [-0.3, -0.25) is 9.89 Å². The number of carbonyl (C=O) groups excluding carboxylic acids is 1. The van der Waals surface area contributed by atoms with Gasteiger partial charge in [-0.1, -0.05) is 66.2 Å². The van der Waals surface area contributed by atoms with Gasteiger partial charge in [-0.2, -0.15) is 5.10 Å². The average molecular weight is 402 g/mol.